The third-order valence-corrected chi connectivity index (χ3v) is 2.61. The Balaban J connectivity index is 1.78. The summed E-state index contributed by atoms with van der Waals surface area (Å²) in [5.74, 6) is 0.0269. The van der Waals surface area contributed by atoms with Gasteiger partial charge in [0, 0.05) is 24.8 Å². The summed E-state index contributed by atoms with van der Waals surface area (Å²) in [4.78, 5) is 15.8. The molecular weight excluding hydrogens is 216 g/mol. The van der Waals surface area contributed by atoms with E-state index in [-0.39, 0.29) is 11.9 Å². The van der Waals surface area contributed by atoms with Crippen molar-refractivity contribution in [3.8, 4) is 0 Å². The van der Waals surface area contributed by atoms with Crippen LogP contribution < -0.4 is 10.6 Å². The van der Waals surface area contributed by atoms with Crippen LogP contribution in [0.2, 0.25) is 0 Å². The zero-order chi connectivity index (χ0) is 12.3. The highest BCUT2D eigenvalue weighted by Crippen LogP contribution is 2.18. The van der Waals surface area contributed by atoms with Crippen molar-refractivity contribution in [2.45, 2.75) is 51.9 Å². The number of nitrogens with one attached hydrogen (secondary N) is 2. The Bertz CT molecular complexity index is 382. The van der Waals surface area contributed by atoms with E-state index in [9.17, 15) is 4.79 Å². The second kappa shape index (κ2) is 5.31. The molecule has 94 valence electrons. The predicted molar refractivity (Wildman–Crippen MR) is 65.4 cm³/mol. The van der Waals surface area contributed by atoms with Crippen molar-refractivity contribution in [3.63, 3.8) is 0 Å². The van der Waals surface area contributed by atoms with Gasteiger partial charge in [-0.3, -0.25) is 4.79 Å². The molecule has 1 aliphatic carbocycles. The van der Waals surface area contributed by atoms with Crippen molar-refractivity contribution in [1.82, 2.24) is 20.2 Å². The molecule has 0 spiro atoms. The topological polar surface area (TPSA) is 59.0 Å². The zero-order valence-corrected chi connectivity index (χ0v) is 10.4. The van der Waals surface area contributed by atoms with Gasteiger partial charge in [0.25, 0.3) is 0 Å². The second-order valence-corrected chi connectivity index (χ2v) is 4.91. The summed E-state index contributed by atoms with van der Waals surface area (Å²) < 4.78 is 1.82. The average Bonchev–Trinajstić information content (AvgIpc) is 2.96. The standard InChI is InChI=1S/C12H20N4O/c1-9(2)15-12(17)7-16-6-11(14-8-16)5-13-10-3-4-10/h6,8-10,13H,3-5,7H2,1-2H3,(H,15,17). The van der Waals surface area contributed by atoms with Crippen LogP contribution in [0.25, 0.3) is 0 Å². The molecule has 5 heteroatoms. The molecule has 5 nitrogen and oxygen atoms in total. The fraction of sp³-hybridized carbons (Fsp3) is 0.667. The van der Waals surface area contributed by atoms with Crippen LogP contribution in [-0.2, 0) is 17.9 Å². The molecule has 0 aliphatic heterocycles. The van der Waals surface area contributed by atoms with E-state index in [0.29, 0.717) is 12.6 Å². The molecule has 1 saturated carbocycles. The van der Waals surface area contributed by atoms with Gasteiger partial charge in [-0.1, -0.05) is 0 Å². The molecule has 1 aromatic rings. The highest BCUT2D eigenvalue weighted by Gasteiger charge is 2.20. The van der Waals surface area contributed by atoms with Crippen LogP contribution in [0, 0.1) is 0 Å². The maximum Gasteiger partial charge on any atom is 0.240 e. The number of amides is 1. The van der Waals surface area contributed by atoms with Crippen molar-refractivity contribution in [1.29, 1.82) is 0 Å². The number of imidazole rings is 1. The molecule has 0 radical (unpaired) electrons. The summed E-state index contributed by atoms with van der Waals surface area (Å²) in [6, 6.07) is 0.867. The van der Waals surface area contributed by atoms with Gasteiger partial charge in [-0.25, -0.2) is 4.98 Å². The molecule has 0 bridgehead atoms. The van der Waals surface area contributed by atoms with E-state index in [0.717, 1.165) is 12.2 Å². The number of carbonyl (C=O) groups is 1. The number of aromatic nitrogens is 2. The molecule has 1 aromatic heterocycles. The summed E-state index contributed by atoms with van der Waals surface area (Å²) in [5, 5.41) is 6.25. The Morgan fingerprint density at radius 3 is 3.00 bits per heavy atom. The van der Waals surface area contributed by atoms with E-state index < -0.39 is 0 Å². The van der Waals surface area contributed by atoms with Crippen LogP contribution in [0.5, 0.6) is 0 Å². The third-order valence-electron chi connectivity index (χ3n) is 2.61. The lowest BCUT2D eigenvalue weighted by Gasteiger charge is -2.08. The van der Waals surface area contributed by atoms with Crippen LogP contribution in [0.1, 0.15) is 32.4 Å². The normalized spacial score (nSPS) is 15.2. The van der Waals surface area contributed by atoms with E-state index in [2.05, 4.69) is 15.6 Å². The second-order valence-electron chi connectivity index (χ2n) is 4.91. The molecule has 0 unspecified atom stereocenters. The number of hydrogen-bond acceptors (Lipinski definition) is 3. The SMILES string of the molecule is CC(C)NC(=O)Cn1cnc(CNC2CC2)c1. The highest BCUT2D eigenvalue weighted by molar-refractivity contribution is 5.75. The van der Waals surface area contributed by atoms with E-state index in [1.165, 1.54) is 12.8 Å². The minimum Gasteiger partial charge on any atom is -0.352 e. The van der Waals surface area contributed by atoms with E-state index >= 15 is 0 Å². The van der Waals surface area contributed by atoms with Gasteiger partial charge in [-0.2, -0.15) is 0 Å². The maximum atomic E-state index is 11.5. The number of nitrogens with zero attached hydrogens (tertiary/aromatic N) is 2. The molecule has 0 aromatic carbocycles. The minimum atomic E-state index is 0.0269. The molecule has 1 heterocycles. The van der Waals surface area contributed by atoms with Gasteiger partial charge in [0.05, 0.1) is 12.0 Å². The zero-order valence-electron chi connectivity index (χ0n) is 10.4. The molecule has 2 rings (SSSR count). The highest BCUT2D eigenvalue weighted by atomic mass is 16.2. The Labute approximate surface area is 102 Å². The lowest BCUT2D eigenvalue weighted by molar-refractivity contribution is -0.122. The summed E-state index contributed by atoms with van der Waals surface area (Å²) in [6.45, 7) is 5.05. The monoisotopic (exact) mass is 236 g/mol. The van der Waals surface area contributed by atoms with Crippen molar-refractivity contribution >= 4 is 5.91 Å². The van der Waals surface area contributed by atoms with Crippen molar-refractivity contribution < 1.29 is 4.79 Å². The first kappa shape index (κ1) is 12.1. The number of rotatable bonds is 6. The predicted octanol–water partition coefficient (Wildman–Crippen LogP) is 0.660. The molecule has 17 heavy (non-hydrogen) atoms. The molecular formula is C12H20N4O. The van der Waals surface area contributed by atoms with E-state index in [1.807, 2.05) is 24.6 Å². The molecule has 0 atom stereocenters. The van der Waals surface area contributed by atoms with Crippen LogP contribution in [0.15, 0.2) is 12.5 Å². The smallest absolute Gasteiger partial charge is 0.240 e. The Morgan fingerprint density at radius 1 is 1.59 bits per heavy atom. The van der Waals surface area contributed by atoms with Crippen LogP contribution in [0.4, 0.5) is 0 Å². The first-order valence-corrected chi connectivity index (χ1v) is 6.17. The fourth-order valence-corrected chi connectivity index (χ4v) is 1.65. The van der Waals surface area contributed by atoms with Crippen LogP contribution in [-0.4, -0.2) is 27.5 Å². The van der Waals surface area contributed by atoms with Crippen molar-refractivity contribution in [2.75, 3.05) is 0 Å². The Kier molecular flexibility index (Phi) is 3.78. The van der Waals surface area contributed by atoms with E-state index in [4.69, 9.17) is 0 Å². The first-order chi connectivity index (χ1) is 8.13. The van der Waals surface area contributed by atoms with Crippen molar-refractivity contribution in [3.05, 3.63) is 18.2 Å². The summed E-state index contributed by atoms with van der Waals surface area (Å²) in [6.07, 6.45) is 6.19. The molecule has 0 saturated heterocycles. The summed E-state index contributed by atoms with van der Waals surface area (Å²) in [7, 11) is 0. The van der Waals surface area contributed by atoms with E-state index in [1.54, 1.807) is 6.33 Å². The first-order valence-electron chi connectivity index (χ1n) is 6.17. The lowest BCUT2D eigenvalue weighted by Crippen LogP contribution is -2.32. The van der Waals surface area contributed by atoms with Gasteiger partial charge in [0.2, 0.25) is 5.91 Å². The molecule has 2 N–H and O–H groups in total. The number of carbonyl (C=O) groups excluding carboxylic acids is 1. The molecule has 1 fully saturated rings. The Hall–Kier alpha value is -1.36. The number of hydrogen-bond donors (Lipinski definition) is 2. The van der Waals surface area contributed by atoms with Crippen LogP contribution in [0.3, 0.4) is 0 Å². The van der Waals surface area contributed by atoms with Gasteiger partial charge >= 0.3 is 0 Å². The maximum absolute atomic E-state index is 11.5. The van der Waals surface area contributed by atoms with Gasteiger partial charge in [-0.05, 0) is 26.7 Å². The summed E-state index contributed by atoms with van der Waals surface area (Å²) in [5.41, 5.74) is 0.995. The average molecular weight is 236 g/mol. The third kappa shape index (κ3) is 4.19. The quantitative estimate of drug-likeness (QED) is 0.763. The summed E-state index contributed by atoms with van der Waals surface area (Å²) >= 11 is 0. The molecule has 1 aliphatic rings. The van der Waals surface area contributed by atoms with Gasteiger partial charge in [-0.15, -0.1) is 0 Å². The van der Waals surface area contributed by atoms with Gasteiger partial charge in [0.15, 0.2) is 0 Å². The lowest BCUT2D eigenvalue weighted by atomic mass is 10.4. The van der Waals surface area contributed by atoms with Gasteiger partial charge in [0.1, 0.15) is 6.54 Å². The largest absolute Gasteiger partial charge is 0.352 e. The van der Waals surface area contributed by atoms with Gasteiger partial charge < -0.3 is 15.2 Å². The molecule has 1 amide bonds. The Morgan fingerprint density at radius 2 is 2.35 bits per heavy atom. The van der Waals surface area contributed by atoms with Crippen LogP contribution >= 0.6 is 0 Å². The van der Waals surface area contributed by atoms with Crippen molar-refractivity contribution in [2.24, 2.45) is 0 Å². The minimum absolute atomic E-state index is 0.0269. The fourth-order valence-electron chi connectivity index (χ4n) is 1.65.